The van der Waals surface area contributed by atoms with Gasteiger partial charge in [0.05, 0.1) is 5.02 Å². The molecule has 108 valence electrons. The van der Waals surface area contributed by atoms with Gasteiger partial charge < -0.3 is 9.67 Å². The highest BCUT2D eigenvalue weighted by molar-refractivity contribution is 8.00. The van der Waals surface area contributed by atoms with Gasteiger partial charge in [0.15, 0.2) is 11.0 Å². The topological polar surface area (TPSA) is 50.9 Å². The van der Waals surface area contributed by atoms with Crippen molar-refractivity contribution < 1.29 is 5.11 Å². The van der Waals surface area contributed by atoms with Crippen molar-refractivity contribution in [1.29, 1.82) is 0 Å². The van der Waals surface area contributed by atoms with Crippen LogP contribution in [0.4, 0.5) is 0 Å². The molecule has 7 heteroatoms. The van der Waals surface area contributed by atoms with E-state index in [2.05, 4.69) is 10.2 Å². The molecular weight excluding hydrogens is 314 g/mol. The van der Waals surface area contributed by atoms with E-state index in [0.29, 0.717) is 5.82 Å². The molecule has 0 amide bonds. The van der Waals surface area contributed by atoms with E-state index >= 15 is 0 Å². The first-order valence-corrected chi connectivity index (χ1v) is 8.56. The fourth-order valence-electron chi connectivity index (χ4n) is 1.57. The number of nitrogens with zero attached hydrogens (tertiary/aromatic N) is 3. The molecule has 2 aromatic rings. The minimum absolute atomic E-state index is 0.0770. The van der Waals surface area contributed by atoms with E-state index in [1.165, 1.54) is 0 Å². The summed E-state index contributed by atoms with van der Waals surface area (Å²) in [4.78, 5) is 1.13. The van der Waals surface area contributed by atoms with Gasteiger partial charge in [-0.3, -0.25) is 0 Å². The van der Waals surface area contributed by atoms with Crippen LogP contribution >= 0.6 is 35.1 Å². The normalized spacial score (nSPS) is 10.9. The van der Waals surface area contributed by atoms with Gasteiger partial charge in [-0.1, -0.05) is 35.5 Å². The van der Waals surface area contributed by atoms with Gasteiger partial charge in [0.2, 0.25) is 0 Å². The smallest absolute Gasteiger partial charge is 0.191 e. The predicted molar refractivity (Wildman–Crippen MR) is 84.4 cm³/mol. The summed E-state index contributed by atoms with van der Waals surface area (Å²) in [5.41, 5.74) is 0. The highest BCUT2D eigenvalue weighted by atomic mass is 35.5. The summed E-state index contributed by atoms with van der Waals surface area (Å²) >= 11 is 9.52. The van der Waals surface area contributed by atoms with E-state index in [0.717, 1.165) is 33.0 Å². The maximum absolute atomic E-state index is 9.05. The van der Waals surface area contributed by atoms with Crippen LogP contribution in [0.2, 0.25) is 5.02 Å². The van der Waals surface area contributed by atoms with Crippen LogP contribution in [-0.4, -0.2) is 31.4 Å². The molecule has 0 fully saturated rings. The van der Waals surface area contributed by atoms with Crippen LogP contribution in [0.5, 0.6) is 0 Å². The van der Waals surface area contributed by atoms with Crippen molar-refractivity contribution in [3.63, 3.8) is 0 Å². The Hall–Kier alpha value is -0.690. The van der Waals surface area contributed by atoms with E-state index in [4.69, 9.17) is 16.7 Å². The van der Waals surface area contributed by atoms with E-state index in [1.807, 2.05) is 35.9 Å². The standard InChI is InChI=1S/C13H16ClN3OS2/c1-17-12(9-18)15-16-13(17)20-8-4-7-19-11-6-3-2-5-10(11)14/h2-3,5-6,18H,4,7-9H2,1H3. The zero-order valence-corrected chi connectivity index (χ0v) is 13.5. The van der Waals surface area contributed by atoms with Gasteiger partial charge in [0, 0.05) is 17.7 Å². The Morgan fingerprint density at radius 3 is 2.65 bits per heavy atom. The number of benzene rings is 1. The summed E-state index contributed by atoms with van der Waals surface area (Å²) in [5, 5.41) is 18.7. The second kappa shape index (κ2) is 7.93. The number of hydrogen-bond donors (Lipinski definition) is 1. The average Bonchev–Trinajstić information content (AvgIpc) is 2.81. The lowest BCUT2D eigenvalue weighted by molar-refractivity contribution is 0.266. The number of aromatic nitrogens is 3. The summed E-state index contributed by atoms with van der Waals surface area (Å²) in [7, 11) is 1.87. The fraction of sp³-hybridized carbons (Fsp3) is 0.385. The van der Waals surface area contributed by atoms with Crippen molar-refractivity contribution in [2.75, 3.05) is 11.5 Å². The predicted octanol–water partition coefficient (Wildman–Crippen LogP) is 3.24. The van der Waals surface area contributed by atoms with Crippen molar-refractivity contribution in [2.24, 2.45) is 7.05 Å². The number of thioether (sulfide) groups is 2. The molecule has 0 aliphatic heterocycles. The number of hydrogen-bond acceptors (Lipinski definition) is 5. The van der Waals surface area contributed by atoms with E-state index in [1.54, 1.807) is 23.5 Å². The molecule has 4 nitrogen and oxygen atoms in total. The lowest BCUT2D eigenvalue weighted by Crippen LogP contribution is -1.98. The Balaban J connectivity index is 1.72. The highest BCUT2D eigenvalue weighted by Gasteiger charge is 2.07. The summed E-state index contributed by atoms with van der Waals surface area (Å²) in [5.74, 6) is 2.58. The number of aliphatic hydroxyl groups is 1. The highest BCUT2D eigenvalue weighted by Crippen LogP contribution is 2.27. The third-order valence-corrected chi connectivity index (χ3v) is 5.39. The molecule has 1 heterocycles. The minimum Gasteiger partial charge on any atom is -0.388 e. The zero-order chi connectivity index (χ0) is 14.4. The second-order valence-corrected chi connectivity index (χ2v) is 6.70. The average molecular weight is 330 g/mol. The first-order valence-electron chi connectivity index (χ1n) is 6.21. The van der Waals surface area contributed by atoms with Crippen molar-refractivity contribution >= 4 is 35.1 Å². The summed E-state index contributed by atoms with van der Waals surface area (Å²) in [6.45, 7) is -0.0770. The van der Waals surface area contributed by atoms with Gasteiger partial charge in [-0.15, -0.1) is 22.0 Å². The Bertz CT molecular complexity index is 562. The Morgan fingerprint density at radius 2 is 1.95 bits per heavy atom. The first kappa shape index (κ1) is 15.7. The lowest BCUT2D eigenvalue weighted by atomic mass is 10.4. The van der Waals surface area contributed by atoms with E-state index in [-0.39, 0.29) is 6.61 Å². The Kier molecular flexibility index (Phi) is 6.22. The SMILES string of the molecule is Cn1c(CO)nnc1SCCCSc1ccccc1Cl. The molecule has 20 heavy (non-hydrogen) atoms. The van der Waals surface area contributed by atoms with Crippen molar-refractivity contribution in [3.05, 3.63) is 35.1 Å². The molecule has 0 aliphatic rings. The van der Waals surface area contributed by atoms with Crippen LogP contribution in [0.25, 0.3) is 0 Å². The van der Waals surface area contributed by atoms with Crippen LogP contribution in [-0.2, 0) is 13.7 Å². The molecule has 1 aromatic heterocycles. The van der Waals surface area contributed by atoms with Crippen LogP contribution in [0.1, 0.15) is 12.2 Å². The van der Waals surface area contributed by atoms with Gasteiger partial charge in [-0.05, 0) is 24.3 Å². The third kappa shape index (κ3) is 4.15. The molecular formula is C13H16ClN3OS2. The molecule has 0 saturated heterocycles. The van der Waals surface area contributed by atoms with Gasteiger partial charge in [0.25, 0.3) is 0 Å². The summed E-state index contributed by atoms with van der Waals surface area (Å²) in [6, 6.07) is 7.89. The van der Waals surface area contributed by atoms with Gasteiger partial charge >= 0.3 is 0 Å². The maximum Gasteiger partial charge on any atom is 0.191 e. The largest absolute Gasteiger partial charge is 0.388 e. The molecule has 2 rings (SSSR count). The molecule has 1 aromatic carbocycles. The molecule has 0 saturated carbocycles. The summed E-state index contributed by atoms with van der Waals surface area (Å²) < 4.78 is 1.83. The summed E-state index contributed by atoms with van der Waals surface area (Å²) in [6.07, 6.45) is 1.06. The van der Waals surface area contributed by atoms with Crippen LogP contribution in [0, 0.1) is 0 Å². The van der Waals surface area contributed by atoms with Crippen molar-refractivity contribution in [2.45, 2.75) is 23.1 Å². The van der Waals surface area contributed by atoms with Gasteiger partial charge in [0.1, 0.15) is 6.61 Å². The van der Waals surface area contributed by atoms with Crippen LogP contribution in [0.15, 0.2) is 34.3 Å². The molecule has 0 bridgehead atoms. The number of aliphatic hydroxyl groups excluding tert-OH is 1. The number of rotatable bonds is 7. The molecule has 0 atom stereocenters. The minimum atomic E-state index is -0.0770. The van der Waals surface area contributed by atoms with Crippen LogP contribution < -0.4 is 0 Å². The first-order chi connectivity index (χ1) is 9.72. The fourth-order valence-corrected chi connectivity index (χ4v) is 3.82. The lowest BCUT2D eigenvalue weighted by Gasteiger charge is -2.04. The molecule has 0 radical (unpaired) electrons. The molecule has 0 spiro atoms. The van der Waals surface area contributed by atoms with E-state index < -0.39 is 0 Å². The monoisotopic (exact) mass is 329 g/mol. The number of halogens is 1. The van der Waals surface area contributed by atoms with Gasteiger partial charge in [-0.2, -0.15) is 0 Å². The molecule has 1 N–H and O–H groups in total. The van der Waals surface area contributed by atoms with Gasteiger partial charge in [-0.25, -0.2) is 0 Å². The maximum atomic E-state index is 9.05. The zero-order valence-electron chi connectivity index (χ0n) is 11.1. The third-order valence-electron chi connectivity index (χ3n) is 2.68. The second-order valence-electron chi connectivity index (χ2n) is 4.10. The van der Waals surface area contributed by atoms with Crippen LogP contribution in [0.3, 0.4) is 0 Å². The molecule has 0 unspecified atom stereocenters. The Morgan fingerprint density at radius 1 is 1.20 bits per heavy atom. The quantitative estimate of drug-likeness (QED) is 0.624. The van der Waals surface area contributed by atoms with Crippen molar-refractivity contribution in [1.82, 2.24) is 14.8 Å². The molecule has 0 aliphatic carbocycles. The van der Waals surface area contributed by atoms with E-state index in [9.17, 15) is 0 Å². The van der Waals surface area contributed by atoms with Crippen molar-refractivity contribution in [3.8, 4) is 0 Å². The Labute approximate surface area is 131 Å².